The fourth-order valence-corrected chi connectivity index (χ4v) is 4.76. The van der Waals surface area contributed by atoms with Gasteiger partial charge in [0.2, 0.25) is 10.0 Å². The van der Waals surface area contributed by atoms with Crippen LogP contribution in [-0.4, -0.2) is 39.5 Å². The van der Waals surface area contributed by atoms with Crippen molar-refractivity contribution in [3.05, 3.63) is 65.5 Å². The Balaban J connectivity index is 1.53. The molecule has 1 atom stereocenters. The summed E-state index contributed by atoms with van der Waals surface area (Å²) in [5, 5.41) is 0. The molecule has 0 amide bonds. The summed E-state index contributed by atoms with van der Waals surface area (Å²) in [5.74, 6) is -0.451. The molecular formula is C21H27FN2O2S. The smallest absolute Gasteiger partial charge is 0.243 e. The highest BCUT2D eigenvalue weighted by Gasteiger charge is 2.24. The maximum absolute atomic E-state index is 14.0. The first-order valence-electron chi connectivity index (χ1n) is 9.46. The van der Waals surface area contributed by atoms with Crippen molar-refractivity contribution in [1.82, 2.24) is 9.62 Å². The summed E-state index contributed by atoms with van der Waals surface area (Å²) in [6.45, 7) is 4.96. The van der Waals surface area contributed by atoms with Gasteiger partial charge in [-0.3, -0.25) is 0 Å². The molecule has 0 bridgehead atoms. The zero-order valence-corrected chi connectivity index (χ0v) is 16.5. The van der Waals surface area contributed by atoms with Gasteiger partial charge in [0.15, 0.2) is 0 Å². The summed E-state index contributed by atoms with van der Waals surface area (Å²) in [7, 11) is -3.82. The van der Waals surface area contributed by atoms with Gasteiger partial charge in [0, 0.05) is 19.6 Å². The Morgan fingerprint density at radius 1 is 1.19 bits per heavy atom. The first-order chi connectivity index (χ1) is 12.9. The van der Waals surface area contributed by atoms with Crippen LogP contribution in [0.5, 0.6) is 0 Å². The summed E-state index contributed by atoms with van der Waals surface area (Å²) >= 11 is 0. The Bertz CT molecular complexity index is 856. The predicted octanol–water partition coefficient (Wildman–Crippen LogP) is 3.37. The molecule has 0 aromatic heterocycles. The molecule has 146 valence electrons. The third-order valence-electron chi connectivity index (χ3n) is 5.10. The van der Waals surface area contributed by atoms with Crippen LogP contribution >= 0.6 is 0 Å². The number of sulfonamides is 1. The van der Waals surface area contributed by atoms with Gasteiger partial charge in [-0.05, 0) is 61.9 Å². The molecule has 0 spiro atoms. The van der Waals surface area contributed by atoms with Crippen LogP contribution in [0.4, 0.5) is 4.39 Å². The molecule has 2 aromatic carbocycles. The predicted molar refractivity (Wildman–Crippen MR) is 106 cm³/mol. The molecule has 1 aliphatic rings. The topological polar surface area (TPSA) is 49.4 Å². The summed E-state index contributed by atoms with van der Waals surface area (Å²) in [5.41, 5.74) is 2.02. The van der Waals surface area contributed by atoms with Crippen molar-refractivity contribution >= 4 is 10.0 Å². The number of hydrogen-bond acceptors (Lipinski definition) is 3. The van der Waals surface area contributed by atoms with Gasteiger partial charge in [-0.2, -0.15) is 0 Å². The fourth-order valence-electron chi connectivity index (χ4n) is 3.58. The van der Waals surface area contributed by atoms with Crippen molar-refractivity contribution in [3.8, 4) is 0 Å². The van der Waals surface area contributed by atoms with E-state index in [1.165, 1.54) is 17.7 Å². The second kappa shape index (κ2) is 8.95. The minimum atomic E-state index is -3.82. The van der Waals surface area contributed by atoms with Gasteiger partial charge in [0.25, 0.3) is 0 Å². The van der Waals surface area contributed by atoms with Crippen LogP contribution in [0.2, 0.25) is 0 Å². The molecule has 2 aromatic rings. The fraction of sp³-hybridized carbons (Fsp3) is 0.429. The second-order valence-corrected chi connectivity index (χ2v) is 9.07. The van der Waals surface area contributed by atoms with Crippen molar-refractivity contribution in [2.45, 2.75) is 31.1 Å². The van der Waals surface area contributed by atoms with Crippen molar-refractivity contribution in [3.63, 3.8) is 0 Å². The van der Waals surface area contributed by atoms with Gasteiger partial charge in [-0.1, -0.05) is 36.4 Å². The van der Waals surface area contributed by atoms with Gasteiger partial charge in [0.05, 0.1) is 0 Å². The number of aryl methyl sites for hydroxylation is 1. The number of benzene rings is 2. The zero-order valence-electron chi connectivity index (χ0n) is 15.7. The molecule has 4 nitrogen and oxygen atoms in total. The largest absolute Gasteiger partial charge is 0.303 e. The summed E-state index contributed by atoms with van der Waals surface area (Å²) < 4.78 is 41.5. The summed E-state index contributed by atoms with van der Waals surface area (Å²) in [6.07, 6.45) is 3.04. The minimum absolute atomic E-state index is 0.248. The minimum Gasteiger partial charge on any atom is -0.303 e. The first-order valence-corrected chi connectivity index (χ1v) is 10.9. The van der Waals surface area contributed by atoms with Crippen LogP contribution in [0.25, 0.3) is 0 Å². The molecule has 3 rings (SSSR count). The Hall–Kier alpha value is -1.76. The third-order valence-corrected chi connectivity index (χ3v) is 6.56. The van der Waals surface area contributed by atoms with Crippen LogP contribution in [-0.2, 0) is 16.4 Å². The number of hydrogen-bond donors (Lipinski definition) is 1. The van der Waals surface area contributed by atoms with Crippen molar-refractivity contribution in [1.29, 1.82) is 0 Å². The van der Waals surface area contributed by atoms with E-state index in [-0.39, 0.29) is 10.8 Å². The third kappa shape index (κ3) is 5.61. The van der Waals surface area contributed by atoms with E-state index < -0.39 is 15.8 Å². The lowest BCUT2D eigenvalue weighted by Gasteiger charge is -2.32. The molecular weight excluding hydrogens is 363 g/mol. The van der Waals surface area contributed by atoms with Crippen molar-refractivity contribution < 1.29 is 12.8 Å². The van der Waals surface area contributed by atoms with Crippen LogP contribution in [0, 0.1) is 18.7 Å². The average molecular weight is 391 g/mol. The van der Waals surface area contributed by atoms with Crippen LogP contribution in [0.3, 0.4) is 0 Å². The van der Waals surface area contributed by atoms with Gasteiger partial charge in [-0.25, -0.2) is 17.5 Å². The average Bonchev–Trinajstić information content (AvgIpc) is 2.66. The van der Waals surface area contributed by atoms with E-state index in [4.69, 9.17) is 0 Å². The van der Waals surface area contributed by atoms with Crippen LogP contribution in [0.15, 0.2) is 53.4 Å². The first kappa shape index (κ1) is 20.0. The SMILES string of the molecule is Cc1ccc(S(=O)(=O)NCC2CCCN(CCc3ccccc3)C2)c(F)c1. The maximum atomic E-state index is 14.0. The Morgan fingerprint density at radius 3 is 2.70 bits per heavy atom. The van der Waals surface area contributed by atoms with Crippen molar-refractivity contribution in [2.75, 3.05) is 26.2 Å². The van der Waals surface area contributed by atoms with Gasteiger partial charge in [0.1, 0.15) is 10.7 Å². The van der Waals surface area contributed by atoms with E-state index in [0.29, 0.717) is 12.1 Å². The maximum Gasteiger partial charge on any atom is 0.243 e. The molecule has 1 heterocycles. The molecule has 27 heavy (non-hydrogen) atoms. The number of likely N-dealkylation sites (tertiary alicyclic amines) is 1. The molecule has 1 aliphatic heterocycles. The highest BCUT2D eigenvalue weighted by Crippen LogP contribution is 2.19. The van der Waals surface area contributed by atoms with Crippen molar-refractivity contribution in [2.24, 2.45) is 5.92 Å². The normalized spacial score (nSPS) is 18.5. The molecule has 1 unspecified atom stereocenters. The Labute approximate surface area is 161 Å². The van der Waals surface area contributed by atoms with Crippen LogP contribution < -0.4 is 4.72 Å². The number of nitrogens with zero attached hydrogens (tertiary/aromatic N) is 1. The molecule has 6 heteroatoms. The van der Waals surface area contributed by atoms with E-state index >= 15 is 0 Å². The number of nitrogens with one attached hydrogen (secondary N) is 1. The lowest BCUT2D eigenvalue weighted by molar-refractivity contribution is 0.178. The molecule has 0 saturated carbocycles. The quantitative estimate of drug-likeness (QED) is 0.789. The highest BCUT2D eigenvalue weighted by molar-refractivity contribution is 7.89. The summed E-state index contributed by atoms with van der Waals surface area (Å²) in [6, 6.07) is 14.6. The molecule has 1 saturated heterocycles. The molecule has 0 aliphatic carbocycles. The monoisotopic (exact) mass is 390 g/mol. The standard InChI is InChI=1S/C21H27FN2O2S/c1-17-9-10-21(20(22)14-17)27(25,26)23-15-19-8-5-12-24(16-19)13-11-18-6-3-2-4-7-18/h2-4,6-7,9-10,14,19,23H,5,8,11-13,15-16H2,1H3. The summed E-state index contributed by atoms with van der Waals surface area (Å²) in [4.78, 5) is 2.12. The molecule has 1 N–H and O–H groups in total. The van der Waals surface area contributed by atoms with Gasteiger partial charge < -0.3 is 4.90 Å². The highest BCUT2D eigenvalue weighted by atomic mass is 32.2. The lowest BCUT2D eigenvalue weighted by Crippen LogP contribution is -2.41. The van der Waals surface area contributed by atoms with E-state index in [1.54, 1.807) is 13.0 Å². The molecule has 0 radical (unpaired) electrons. The van der Waals surface area contributed by atoms with Gasteiger partial charge in [-0.15, -0.1) is 0 Å². The number of piperidine rings is 1. The molecule has 1 fully saturated rings. The van der Waals surface area contributed by atoms with Crippen LogP contribution in [0.1, 0.15) is 24.0 Å². The number of rotatable bonds is 7. The van der Waals surface area contributed by atoms with E-state index in [0.717, 1.165) is 38.9 Å². The van der Waals surface area contributed by atoms with E-state index in [1.807, 2.05) is 18.2 Å². The lowest BCUT2D eigenvalue weighted by atomic mass is 9.98. The zero-order chi connectivity index (χ0) is 19.3. The van der Waals surface area contributed by atoms with Gasteiger partial charge >= 0.3 is 0 Å². The van der Waals surface area contributed by atoms with E-state index in [9.17, 15) is 12.8 Å². The Morgan fingerprint density at radius 2 is 1.96 bits per heavy atom. The Kier molecular flexibility index (Phi) is 6.63. The van der Waals surface area contributed by atoms with E-state index in [2.05, 4.69) is 21.8 Å². The second-order valence-electron chi connectivity index (χ2n) is 7.33. The number of halogens is 1.